The van der Waals surface area contributed by atoms with E-state index in [2.05, 4.69) is 17.1 Å². The highest BCUT2D eigenvalue weighted by Gasteiger charge is 2.28. The second-order valence-corrected chi connectivity index (χ2v) is 5.64. The average Bonchev–Trinajstić information content (AvgIpc) is 2.85. The van der Waals surface area contributed by atoms with E-state index in [1.54, 1.807) is 0 Å². The molecule has 3 rings (SSSR count). The lowest BCUT2D eigenvalue weighted by molar-refractivity contribution is -0.127. The van der Waals surface area contributed by atoms with Gasteiger partial charge in [-0.1, -0.05) is 24.3 Å². The number of carbonyl (C=O) groups is 1. The molecule has 2 aromatic rings. The van der Waals surface area contributed by atoms with E-state index >= 15 is 0 Å². The third kappa shape index (κ3) is 2.63. The van der Waals surface area contributed by atoms with Crippen molar-refractivity contribution < 1.29 is 4.79 Å². The molecule has 1 amide bonds. The summed E-state index contributed by atoms with van der Waals surface area (Å²) >= 11 is 5.84. The van der Waals surface area contributed by atoms with Crippen LogP contribution in [0.3, 0.4) is 0 Å². The summed E-state index contributed by atoms with van der Waals surface area (Å²) in [5.74, 6) is 1.11. The van der Waals surface area contributed by atoms with Crippen molar-refractivity contribution in [2.45, 2.75) is 12.8 Å². The summed E-state index contributed by atoms with van der Waals surface area (Å²) in [5, 5.41) is 2.37. The zero-order valence-electron chi connectivity index (χ0n) is 11.3. The van der Waals surface area contributed by atoms with Gasteiger partial charge in [0.05, 0.1) is 0 Å². The van der Waals surface area contributed by atoms with Gasteiger partial charge >= 0.3 is 0 Å². The highest BCUT2D eigenvalue weighted by Crippen LogP contribution is 2.21. The second-order valence-electron chi connectivity index (χ2n) is 5.33. The van der Waals surface area contributed by atoms with E-state index in [0.29, 0.717) is 18.2 Å². The summed E-state index contributed by atoms with van der Waals surface area (Å²) in [4.78, 5) is 18.1. The van der Waals surface area contributed by atoms with Gasteiger partial charge in [-0.15, -0.1) is 11.6 Å². The molecule has 0 saturated carbocycles. The quantitative estimate of drug-likeness (QED) is 0.811. The van der Waals surface area contributed by atoms with Crippen molar-refractivity contribution in [2.24, 2.45) is 5.92 Å². The van der Waals surface area contributed by atoms with Crippen molar-refractivity contribution in [3.05, 3.63) is 42.2 Å². The number of aromatic nitrogens is 1. The summed E-state index contributed by atoms with van der Waals surface area (Å²) in [7, 11) is 0. The molecule has 0 N–H and O–H groups in total. The van der Waals surface area contributed by atoms with Crippen LogP contribution in [0, 0.1) is 5.92 Å². The van der Waals surface area contributed by atoms with E-state index in [9.17, 15) is 4.79 Å². The maximum absolute atomic E-state index is 11.9. The van der Waals surface area contributed by atoms with E-state index in [4.69, 9.17) is 11.6 Å². The molecular weight excluding hydrogens is 272 g/mol. The first kappa shape index (κ1) is 13.4. The predicted molar refractivity (Wildman–Crippen MR) is 80.9 cm³/mol. The number of nitrogens with zero attached hydrogens (tertiary/aromatic N) is 2. The average molecular weight is 289 g/mol. The Kier molecular flexibility index (Phi) is 3.88. The Labute approximate surface area is 123 Å². The fourth-order valence-electron chi connectivity index (χ4n) is 2.81. The fourth-order valence-corrected chi connectivity index (χ4v) is 3.01. The Hall–Kier alpha value is -1.61. The third-order valence-electron chi connectivity index (χ3n) is 3.91. The molecule has 1 atom stereocenters. The van der Waals surface area contributed by atoms with Crippen LogP contribution in [0.25, 0.3) is 10.8 Å². The Morgan fingerprint density at radius 2 is 2.15 bits per heavy atom. The van der Waals surface area contributed by atoms with Crippen molar-refractivity contribution in [3.63, 3.8) is 0 Å². The molecule has 0 aliphatic carbocycles. The highest BCUT2D eigenvalue weighted by molar-refractivity contribution is 6.18. The van der Waals surface area contributed by atoms with Gasteiger partial charge in [0.15, 0.2) is 0 Å². The van der Waals surface area contributed by atoms with Gasteiger partial charge in [-0.2, -0.15) is 0 Å². The molecule has 1 aliphatic rings. The number of hydrogen-bond acceptors (Lipinski definition) is 2. The maximum Gasteiger partial charge on any atom is 0.222 e. The number of rotatable bonds is 4. The number of alkyl halides is 1. The molecule has 1 aromatic heterocycles. The number of benzene rings is 1. The first-order chi connectivity index (χ1) is 9.78. The van der Waals surface area contributed by atoms with Gasteiger partial charge in [0.2, 0.25) is 5.91 Å². The van der Waals surface area contributed by atoms with Gasteiger partial charge in [0.1, 0.15) is 0 Å². The van der Waals surface area contributed by atoms with Crippen molar-refractivity contribution in [1.82, 2.24) is 9.88 Å². The first-order valence-electron chi connectivity index (χ1n) is 6.93. The lowest BCUT2D eigenvalue weighted by atomic mass is 10.1. The van der Waals surface area contributed by atoms with Gasteiger partial charge in [-0.25, -0.2) is 0 Å². The largest absolute Gasteiger partial charge is 0.342 e. The van der Waals surface area contributed by atoms with Crippen LogP contribution >= 0.6 is 11.6 Å². The van der Waals surface area contributed by atoms with Crippen molar-refractivity contribution in [2.75, 3.05) is 19.0 Å². The molecule has 0 radical (unpaired) electrons. The minimum atomic E-state index is 0.226. The molecule has 1 aromatic carbocycles. The smallest absolute Gasteiger partial charge is 0.222 e. The topological polar surface area (TPSA) is 33.2 Å². The van der Waals surface area contributed by atoms with E-state index in [-0.39, 0.29) is 5.91 Å². The van der Waals surface area contributed by atoms with E-state index in [0.717, 1.165) is 24.9 Å². The summed E-state index contributed by atoms with van der Waals surface area (Å²) in [6.45, 7) is 1.54. The standard InChI is InChI=1S/C16H17ClN2O/c17-8-12-7-16(20)19(11-12)6-5-14-10-18-9-13-3-1-2-4-15(13)14/h1-4,9-10,12H,5-8,11H2. The molecule has 4 heteroatoms. The minimum absolute atomic E-state index is 0.226. The number of halogens is 1. The van der Waals surface area contributed by atoms with Crippen LogP contribution in [0.1, 0.15) is 12.0 Å². The van der Waals surface area contributed by atoms with Gasteiger partial charge < -0.3 is 4.90 Å². The Bertz CT molecular complexity index is 623. The summed E-state index contributed by atoms with van der Waals surface area (Å²) in [6.07, 6.45) is 5.22. The minimum Gasteiger partial charge on any atom is -0.342 e. The Morgan fingerprint density at radius 3 is 2.95 bits per heavy atom. The fraction of sp³-hybridized carbons (Fsp3) is 0.375. The summed E-state index contributed by atoms with van der Waals surface area (Å²) in [6, 6.07) is 8.23. The molecular formula is C16H17ClN2O. The van der Waals surface area contributed by atoms with Crippen LogP contribution < -0.4 is 0 Å². The first-order valence-corrected chi connectivity index (χ1v) is 7.46. The molecule has 1 fully saturated rings. The summed E-state index contributed by atoms with van der Waals surface area (Å²) < 4.78 is 0. The second kappa shape index (κ2) is 5.80. The third-order valence-corrected chi connectivity index (χ3v) is 4.35. The van der Waals surface area contributed by atoms with E-state index in [1.807, 2.05) is 29.4 Å². The van der Waals surface area contributed by atoms with Crippen LogP contribution in [-0.2, 0) is 11.2 Å². The molecule has 3 nitrogen and oxygen atoms in total. The van der Waals surface area contributed by atoms with Crippen LogP contribution in [-0.4, -0.2) is 34.8 Å². The number of pyridine rings is 1. The molecule has 0 spiro atoms. The van der Waals surface area contributed by atoms with Crippen molar-refractivity contribution >= 4 is 28.3 Å². The molecule has 104 valence electrons. The van der Waals surface area contributed by atoms with Crippen LogP contribution in [0.2, 0.25) is 0 Å². The van der Waals surface area contributed by atoms with Crippen LogP contribution in [0.5, 0.6) is 0 Å². The zero-order valence-corrected chi connectivity index (χ0v) is 12.0. The monoisotopic (exact) mass is 288 g/mol. The van der Waals surface area contributed by atoms with Crippen molar-refractivity contribution in [3.8, 4) is 0 Å². The number of carbonyl (C=O) groups excluding carboxylic acids is 1. The van der Waals surface area contributed by atoms with E-state index < -0.39 is 0 Å². The van der Waals surface area contributed by atoms with Gasteiger partial charge in [0, 0.05) is 43.2 Å². The molecule has 1 aliphatic heterocycles. The SMILES string of the molecule is O=C1CC(CCl)CN1CCc1cncc2ccccc12. The molecule has 1 unspecified atom stereocenters. The van der Waals surface area contributed by atoms with Gasteiger partial charge in [-0.05, 0) is 23.3 Å². The van der Waals surface area contributed by atoms with Crippen LogP contribution in [0.4, 0.5) is 0 Å². The number of amides is 1. The Morgan fingerprint density at radius 1 is 1.30 bits per heavy atom. The molecule has 2 heterocycles. The van der Waals surface area contributed by atoms with Gasteiger partial charge in [-0.3, -0.25) is 9.78 Å². The highest BCUT2D eigenvalue weighted by atomic mass is 35.5. The molecule has 20 heavy (non-hydrogen) atoms. The number of hydrogen-bond donors (Lipinski definition) is 0. The predicted octanol–water partition coefficient (Wildman–Crippen LogP) is 2.86. The molecule has 1 saturated heterocycles. The lowest BCUT2D eigenvalue weighted by Gasteiger charge is -2.16. The van der Waals surface area contributed by atoms with Crippen LogP contribution in [0.15, 0.2) is 36.7 Å². The summed E-state index contributed by atoms with van der Waals surface area (Å²) in [5.41, 5.74) is 1.20. The lowest BCUT2D eigenvalue weighted by Crippen LogP contribution is -2.27. The number of likely N-dealkylation sites (tertiary alicyclic amines) is 1. The molecule has 0 bridgehead atoms. The normalized spacial score (nSPS) is 18.9. The zero-order chi connectivity index (χ0) is 13.9. The Balaban J connectivity index is 1.73. The van der Waals surface area contributed by atoms with Crippen molar-refractivity contribution in [1.29, 1.82) is 0 Å². The van der Waals surface area contributed by atoms with E-state index in [1.165, 1.54) is 10.9 Å². The van der Waals surface area contributed by atoms with Gasteiger partial charge in [0.25, 0.3) is 0 Å². The number of fused-ring (bicyclic) bond motifs is 1. The maximum atomic E-state index is 11.9.